The van der Waals surface area contributed by atoms with E-state index in [4.69, 9.17) is 21.4 Å². The fourth-order valence-electron chi connectivity index (χ4n) is 4.21. The number of hydrogen-bond donors (Lipinski definition) is 0. The van der Waals surface area contributed by atoms with E-state index in [-0.39, 0.29) is 5.91 Å². The van der Waals surface area contributed by atoms with Gasteiger partial charge < -0.3 is 9.42 Å². The zero-order chi connectivity index (χ0) is 29.2. The SMILES string of the molecule is CCC(C)C1CCN(C(=O)c2cc(C)on2)C1.CCc1ccccc1C(F)(F)F.Cc1ccc(C#N)c(Cl)c1. The number of nitrogens with zero attached hydrogens (tertiary/aromatic N) is 3. The van der Waals surface area contributed by atoms with Crippen molar-refractivity contribution in [3.8, 4) is 6.07 Å². The maximum absolute atomic E-state index is 12.2. The van der Waals surface area contributed by atoms with Crippen LogP contribution in [0.4, 0.5) is 13.2 Å². The second-order valence-corrected chi connectivity index (χ2v) is 10.0. The Balaban J connectivity index is 0.000000214. The van der Waals surface area contributed by atoms with Crippen molar-refractivity contribution >= 4 is 17.5 Å². The number of aryl methyl sites for hydroxylation is 3. The highest BCUT2D eigenvalue weighted by molar-refractivity contribution is 6.31. The number of alkyl halides is 3. The van der Waals surface area contributed by atoms with E-state index in [0.717, 1.165) is 31.1 Å². The summed E-state index contributed by atoms with van der Waals surface area (Å²) in [5.74, 6) is 2.02. The molecular formula is C30H35ClF3N3O2. The quantitative estimate of drug-likeness (QED) is 0.321. The Bertz CT molecular complexity index is 1270. The minimum absolute atomic E-state index is 0.00709. The van der Waals surface area contributed by atoms with E-state index in [1.54, 1.807) is 38.1 Å². The first-order chi connectivity index (χ1) is 18.4. The molecule has 1 amide bonds. The van der Waals surface area contributed by atoms with Crippen LogP contribution in [0.25, 0.3) is 0 Å². The summed E-state index contributed by atoms with van der Waals surface area (Å²) in [6.07, 6.45) is -1.52. The Kier molecular flexibility index (Phi) is 12.1. The van der Waals surface area contributed by atoms with Gasteiger partial charge in [0.1, 0.15) is 11.8 Å². The summed E-state index contributed by atoms with van der Waals surface area (Å²) in [5, 5.41) is 12.8. The highest BCUT2D eigenvalue weighted by atomic mass is 35.5. The molecule has 0 spiro atoms. The third-order valence-corrected chi connectivity index (χ3v) is 7.07. The molecule has 2 aromatic carbocycles. The summed E-state index contributed by atoms with van der Waals surface area (Å²) in [6.45, 7) is 11.6. The van der Waals surface area contributed by atoms with Crippen LogP contribution in [-0.4, -0.2) is 29.1 Å². The highest BCUT2D eigenvalue weighted by Gasteiger charge is 2.32. The molecule has 1 saturated heterocycles. The molecule has 0 radical (unpaired) electrons. The maximum atomic E-state index is 12.2. The van der Waals surface area contributed by atoms with E-state index in [1.165, 1.54) is 18.6 Å². The van der Waals surface area contributed by atoms with E-state index in [2.05, 4.69) is 19.0 Å². The number of carbonyl (C=O) groups excluding carboxylic acids is 1. The van der Waals surface area contributed by atoms with Crippen molar-refractivity contribution in [1.82, 2.24) is 10.1 Å². The lowest BCUT2D eigenvalue weighted by molar-refractivity contribution is -0.138. The fourth-order valence-corrected chi connectivity index (χ4v) is 4.49. The topological polar surface area (TPSA) is 70.1 Å². The van der Waals surface area contributed by atoms with E-state index >= 15 is 0 Å². The van der Waals surface area contributed by atoms with Crippen molar-refractivity contribution < 1.29 is 22.5 Å². The molecule has 2 heterocycles. The number of nitriles is 1. The van der Waals surface area contributed by atoms with Gasteiger partial charge in [0.05, 0.1) is 16.1 Å². The zero-order valence-corrected chi connectivity index (χ0v) is 23.7. The van der Waals surface area contributed by atoms with Gasteiger partial charge in [-0.25, -0.2) is 0 Å². The number of rotatable bonds is 4. The standard InChI is InChI=1S/C13H20N2O2.C9H9F3.C8H6ClN/c1-4-9(2)11-5-6-15(8-11)13(16)12-7-10(3)17-14-12;1-2-7-5-3-4-6-8(7)9(10,11)12;1-6-2-3-7(5-10)8(9)4-6/h7,9,11H,4-6,8H2,1-3H3;3-6H,2H2,1H3;2-4H,1H3. The maximum Gasteiger partial charge on any atom is 0.416 e. The minimum Gasteiger partial charge on any atom is -0.361 e. The molecule has 1 fully saturated rings. The van der Waals surface area contributed by atoms with Gasteiger partial charge in [0.25, 0.3) is 5.91 Å². The molecule has 1 aliphatic rings. The lowest BCUT2D eigenvalue weighted by Crippen LogP contribution is -2.29. The van der Waals surface area contributed by atoms with E-state index < -0.39 is 11.7 Å². The van der Waals surface area contributed by atoms with Gasteiger partial charge in [0, 0.05) is 19.2 Å². The molecule has 1 aromatic heterocycles. The van der Waals surface area contributed by atoms with Crippen LogP contribution >= 0.6 is 11.6 Å². The van der Waals surface area contributed by atoms with Crippen LogP contribution in [0.5, 0.6) is 0 Å². The summed E-state index contributed by atoms with van der Waals surface area (Å²) in [6, 6.07) is 14.7. The second kappa shape index (κ2) is 14.7. The average Bonchev–Trinajstić information content (AvgIpc) is 3.58. The van der Waals surface area contributed by atoms with E-state index in [0.29, 0.717) is 45.9 Å². The first-order valence-electron chi connectivity index (χ1n) is 12.9. The molecule has 39 heavy (non-hydrogen) atoms. The Labute approximate surface area is 233 Å². The van der Waals surface area contributed by atoms with Gasteiger partial charge in [-0.3, -0.25) is 4.79 Å². The van der Waals surface area contributed by atoms with Gasteiger partial charge in [-0.15, -0.1) is 0 Å². The molecule has 0 aliphatic carbocycles. The molecule has 0 N–H and O–H groups in total. The Hall–Kier alpha value is -3.31. The van der Waals surface area contributed by atoms with Crippen LogP contribution in [0.3, 0.4) is 0 Å². The molecule has 1 aliphatic heterocycles. The van der Waals surface area contributed by atoms with Gasteiger partial charge in [0.15, 0.2) is 5.69 Å². The van der Waals surface area contributed by atoms with Gasteiger partial charge in [-0.2, -0.15) is 18.4 Å². The summed E-state index contributed by atoms with van der Waals surface area (Å²) in [4.78, 5) is 14.0. The fraction of sp³-hybridized carbons (Fsp3) is 0.433. The molecular weight excluding hydrogens is 527 g/mol. The Morgan fingerprint density at radius 1 is 1.21 bits per heavy atom. The monoisotopic (exact) mass is 561 g/mol. The highest BCUT2D eigenvalue weighted by Crippen LogP contribution is 2.32. The van der Waals surface area contributed by atoms with Crippen molar-refractivity contribution in [2.75, 3.05) is 13.1 Å². The number of benzene rings is 2. The van der Waals surface area contributed by atoms with Crippen molar-refractivity contribution in [3.05, 3.63) is 87.3 Å². The number of carbonyl (C=O) groups is 1. The summed E-state index contributed by atoms with van der Waals surface area (Å²) >= 11 is 5.71. The molecule has 5 nitrogen and oxygen atoms in total. The van der Waals surface area contributed by atoms with Crippen LogP contribution in [0, 0.1) is 37.0 Å². The third kappa shape index (κ3) is 9.43. The molecule has 2 unspecified atom stereocenters. The molecule has 9 heteroatoms. The van der Waals surface area contributed by atoms with Crippen molar-refractivity contribution in [1.29, 1.82) is 5.26 Å². The molecule has 4 rings (SSSR count). The van der Waals surface area contributed by atoms with Crippen molar-refractivity contribution in [2.45, 2.75) is 60.1 Å². The van der Waals surface area contributed by atoms with Crippen LogP contribution in [0.1, 0.15) is 72.1 Å². The van der Waals surface area contributed by atoms with Crippen LogP contribution in [-0.2, 0) is 12.6 Å². The minimum atomic E-state index is -4.22. The van der Waals surface area contributed by atoms with Gasteiger partial charge in [0.2, 0.25) is 0 Å². The molecule has 0 saturated carbocycles. The smallest absolute Gasteiger partial charge is 0.361 e. The number of amides is 1. The predicted octanol–water partition coefficient (Wildman–Crippen LogP) is 8.28. The number of aromatic nitrogens is 1. The lowest BCUT2D eigenvalue weighted by Gasteiger charge is -2.18. The van der Waals surface area contributed by atoms with Crippen LogP contribution in [0.15, 0.2) is 53.1 Å². The van der Waals surface area contributed by atoms with Crippen LogP contribution < -0.4 is 0 Å². The van der Waals surface area contributed by atoms with Crippen molar-refractivity contribution in [3.63, 3.8) is 0 Å². The van der Waals surface area contributed by atoms with E-state index in [9.17, 15) is 18.0 Å². The summed E-state index contributed by atoms with van der Waals surface area (Å²) in [7, 11) is 0. The number of hydrogen-bond acceptors (Lipinski definition) is 4. The zero-order valence-electron chi connectivity index (χ0n) is 23.0. The average molecular weight is 562 g/mol. The normalized spacial score (nSPS) is 15.4. The molecule has 2 atom stereocenters. The van der Waals surface area contributed by atoms with Crippen molar-refractivity contribution in [2.24, 2.45) is 11.8 Å². The third-order valence-electron chi connectivity index (χ3n) is 6.76. The van der Waals surface area contributed by atoms with Gasteiger partial charge >= 0.3 is 6.18 Å². The van der Waals surface area contributed by atoms with Gasteiger partial charge in [-0.05, 0) is 67.9 Å². The number of halogens is 4. The molecule has 3 aromatic rings. The first-order valence-corrected chi connectivity index (χ1v) is 13.3. The summed E-state index contributed by atoms with van der Waals surface area (Å²) in [5.41, 5.74) is 1.88. The predicted molar refractivity (Wildman–Crippen MR) is 146 cm³/mol. The Morgan fingerprint density at radius 2 is 1.90 bits per heavy atom. The lowest BCUT2D eigenvalue weighted by atomic mass is 9.91. The van der Waals surface area contributed by atoms with Crippen LogP contribution in [0.2, 0.25) is 5.02 Å². The van der Waals surface area contributed by atoms with E-state index in [1.807, 2.05) is 24.0 Å². The van der Waals surface area contributed by atoms with Gasteiger partial charge in [-0.1, -0.05) is 68.2 Å². The molecule has 210 valence electrons. The summed E-state index contributed by atoms with van der Waals surface area (Å²) < 4.78 is 41.6. The second-order valence-electron chi connectivity index (χ2n) is 9.61. The molecule has 0 bridgehead atoms. The first kappa shape index (κ1) is 31.9. The Morgan fingerprint density at radius 3 is 2.41 bits per heavy atom. The largest absolute Gasteiger partial charge is 0.416 e. The number of likely N-dealkylation sites (tertiary alicyclic amines) is 1.